The normalized spacial score (nSPS) is 27.0. The number of Topliss-reactive ketones (excluding diaryl/α,β-unsaturated/α-hetero) is 1. The van der Waals surface area contributed by atoms with Crippen molar-refractivity contribution in [2.45, 2.75) is 10.8 Å². The number of nitrogens with zero attached hydrogens (tertiary/aromatic N) is 2. The Labute approximate surface area is 174 Å². The van der Waals surface area contributed by atoms with Crippen molar-refractivity contribution in [3.05, 3.63) is 71.8 Å². The highest BCUT2D eigenvalue weighted by Crippen LogP contribution is 2.46. The van der Waals surface area contributed by atoms with E-state index in [1.54, 1.807) is 0 Å². The summed E-state index contributed by atoms with van der Waals surface area (Å²) in [4.78, 5) is 40.9. The van der Waals surface area contributed by atoms with Crippen LogP contribution in [-0.4, -0.2) is 77.0 Å². The number of piperidine rings is 2. The summed E-state index contributed by atoms with van der Waals surface area (Å²) in [5, 5.41) is 18.9. The summed E-state index contributed by atoms with van der Waals surface area (Å²) < 4.78 is 0. The van der Waals surface area contributed by atoms with Crippen molar-refractivity contribution < 1.29 is 24.6 Å². The largest absolute Gasteiger partial charge is 0.480 e. The van der Waals surface area contributed by atoms with E-state index in [0.717, 1.165) is 11.1 Å². The van der Waals surface area contributed by atoms with Crippen LogP contribution >= 0.6 is 0 Å². The van der Waals surface area contributed by atoms with Crippen LogP contribution in [-0.2, 0) is 25.2 Å². The number of carboxylic acid groups (broad SMARTS) is 2. The van der Waals surface area contributed by atoms with Gasteiger partial charge in [-0.05, 0) is 11.1 Å². The Morgan fingerprint density at radius 1 is 0.700 bits per heavy atom. The lowest BCUT2D eigenvalue weighted by Crippen LogP contribution is -2.74. The SMILES string of the molecule is O=C(O)CN1CC2(c3ccccc3)CN(CC(=O)O)CC(c3ccccc3)(C1)C2=O. The van der Waals surface area contributed by atoms with Gasteiger partial charge in [-0.1, -0.05) is 60.7 Å². The number of carbonyl (C=O) groups is 3. The number of carbonyl (C=O) groups excluding carboxylic acids is 1. The quantitative estimate of drug-likeness (QED) is 0.742. The van der Waals surface area contributed by atoms with E-state index >= 15 is 0 Å². The molecule has 2 bridgehead atoms. The highest BCUT2D eigenvalue weighted by molar-refractivity contribution is 6.02. The molecule has 2 N–H and O–H groups in total. The van der Waals surface area contributed by atoms with E-state index in [4.69, 9.17) is 0 Å². The number of hydrogen-bond donors (Lipinski definition) is 2. The molecule has 7 nitrogen and oxygen atoms in total. The third kappa shape index (κ3) is 3.40. The number of rotatable bonds is 6. The predicted molar refractivity (Wildman–Crippen MR) is 109 cm³/mol. The van der Waals surface area contributed by atoms with Gasteiger partial charge in [-0.2, -0.15) is 0 Å². The summed E-state index contributed by atoms with van der Waals surface area (Å²) >= 11 is 0. The van der Waals surface area contributed by atoms with Crippen molar-refractivity contribution in [2.75, 3.05) is 39.3 Å². The molecule has 0 spiro atoms. The highest BCUT2D eigenvalue weighted by Gasteiger charge is 2.61. The van der Waals surface area contributed by atoms with Crippen molar-refractivity contribution in [3.63, 3.8) is 0 Å². The van der Waals surface area contributed by atoms with Gasteiger partial charge in [0.05, 0.1) is 23.9 Å². The first kappa shape index (κ1) is 20.3. The molecule has 2 aromatic carbocycles. The summed E-state index contributed by atoms with van der Waals surface area (Å²) in [6.45, 7) is 0.629. The number of aliphatic carboxylic acids is 2. The molecular formula is C23H24N2O5. The summed E-state index contributed by atoms with van der Waals surface area (Å²) in [6.07, 6.45) is 0. The first-order valence-corrected chi connectivity index (χ1v) is 9.90. The Morgan fingerprint density at radius 2 is 1.03 bits per heavy atom. The number of fused-ring (bicyclic) bond motifs is 2. The molecule has 2 fully saturated rings. The smallest absolute Gasteiger partial charge is 0.317 e. The molecule has 0 aliphatic carbocycles. The third-order valence-corrected chi connectivity index (χ3v) is 6.21. The molecule has 2 aliphatic heterocycles. The van der Waals surface area contributed by atoms with Gasteiger partial charge < -0.3 is 10.2 Å². The van der Waals surface area contributed by atoms with Gasteiger partial charge in [0.25, 0.3) is 0 Å². The highest BCUT2D eigenvalue weighted by atomic mass is 16.4. The number of likely N-dealkylation sites (tertiary alicyclic amines) is 2. The molecule has 0 atom stereocenters. The topological polar surface area (TPSA) is 98.2 Å². The summed E-state index contributed by atoms with van der Waals surface area (Å²) in [7, 11) is 0. The van der Waals surface area contributed by atoms with Crippen LogP contribution in [0.4, 0.5) is 0 Å². The minimum atomic E-state index is -1.00. The van der Waals surface area contributed by atoms with E-state index in [1.165, 1.54) is 0 Å². The van der Waals surface area contributed by atoms with E-state index in [9.17, 15) is 24.6 Å². The lowest BCUT2D eigenvalue weighted by Gasteiger charge is -2.57. The fourth-order valence-corrected chi connectivity index (χ4v) is 5.23. The first-order chi connectivity index (χ1) is 14.4. The maximum Gasteiger partial charge on any atom is 0.317 e. The standard InChI is InChI=1S/C23H24N2O5/c26-19(27)11-24-13-22(17-7-3-1-4-8-17)14-25(12-20(28)29)16-23(15-24,21(22)30)18-9-5-2-6-10-18/h1-10H,11-16H2,(H,26,27)(H,28,29). The molecular weight excluding hydrogens is 384 g/mol. The molecule has 7 heteroatoms. The van der Waals surface area contributed by atoms with Crippen LogP contribution in [0.3, 0.4) is 0 Å². The Kier molecular flexibility index (Phi) is 5.17. The minimum absolute atomic E-state index is 0.0377. The maximum atomic E-state index is 14.2. The van der Waals surface area contributed by atoms with Gasteiger partial charge in [0.15, 0.2) is 5.78 Å². The fraction of sp³-hybridized carbons (Fsp3) is 0.348. The van der Waals surface area contributed by atoms with E-state index in [2.05, 4.69) is 0 Å². The minimum Gasteiger partial charge on any atom is -0.480 e. The second-order valence-corrected chi connectivity index (χ2v) is 8.30. The molecule has 2 aliphatic rings. The predicted octanol–water partition coefficient (Wildman–Crippen LogP) is 1.23. The molecule has 0 unspecified atom stereocenters. The first-order valence-electron chi connectivity index (χ1n) is 9.90. The number of carboxylic acids is 2. The molecule has 2 heterocycles. The van der Waals surface area contributed by atoms with Crippen LogP contribution in [0.1, 0.15) is 11.1 Å². The van der Waals surface area contributed by atoms with Crippen molar-refractivity contribution in [3.8, 4) is 0 Å². The monoisotopic (exact) mass is 408 g/mol. The van der Waals surface area contributed by atoms with Gasteiger partial charge >= 0.3 is 11.9 Å². The Morgan fingerprint density at radius 3 is 1.33 bits per heavy atom. The van der Waals surface area contributed by atoms with Crippen molar-refractivity contribution in [2.24, 2.45) is 0 Å². The molecule has 30 heavy (non-hydrogen) atoms. The van der Waals surface area contributed by atoms with Gasteiger partial charge in [-0.3, -0.25) is 24.2 Å². The molecule has 2 saturated heterocycles. The maximum absolute atomic E-state index is 14.2. The molecule has 4 rings (SSSR count). The van der Waals surface area contributed by atoms with Crippen LogP contribution < -0.4 is 0 Å². The molecule has 2 aromatic rings. The average molecular weight is 408 g/mol. The van der Waals surface area contributed by atoms with Crippen LogP contribution in [0, 0.1) is 0 Å². The van der Waals surface area contributed by atoms with Crippen molar-refractivity contribution in [1.82, 2.24) is 9.80 Å². The summed E-state index contributed by atoms with van der Waals surface area (Å²) in [5.74, 6) is -1.86. The molecule has 156 valence electrons. The Bertz CT molecular complexity index is 871. The summed E-state index contributed by atoms with van der Waals surface area (Å²) in [6, 6.07) is 18.7. The van der Waals surface area contributed by atoms with E-state index in [-0.39, 0.29) is 45.1 Å². The van der Waals surface area contributed by atoms with Crippen LogP contribution in [0.2, 0.25) is 0 Å². The van der Waals surface area contributed by atoms with Gasteiger partial charge in [-0.25, -0.2) is 0 Å². The van der Waals surface area contributed by atoms with Crippen LogP contribution in [0.5, 0.6) is 0 Å². The van der Waals surface area contributed by atoms with E-state index < -0.39 is 22.8 Å². The van der Waals surface area contributed by atoms with E-state index in [0.29, 0.717) is 0 Å². The van der Waals surface area contributed by atoms with Gasteiger partial charge in [0.2, 0.25) is 0 Å². The lowest BCUT2D eigenvalue weighted by molar-refractivity contribution is -0.152. The van der Waals surface area contributed by atoms with Crippen LogP contribution in [0.15, 0.2) is 60.7 Å². The zero-order valence-electron chi connectivity index (χ0n) is 16.5. The number of hydrogen-bond acceptors (Lipinski definition) is 5. The zero-order valence-corrected chi connectivity index (χ0v) is 16.5. The van der Waals surface area contributed by atoms with Crippen molar-refractivity contribution in [1.29, 1.82) is 0 Å². The third-order valence-electron chi connectivity index (χ3n) is 6.21. The summed E-state index contributed by atoms with van der Waals surface area (Å²) in [5.41, 5.74) is -0.419. The number of benzene rings is 2. The van der Waals surface area contributed by atoms with Gasteiger partial charge in [0, 0.05) is 26.2 Å². The Balaban J connectivity index is 1.90. The van der Waals surface area contributed by atoms with Gasteiger partial charge in [-0.15, -0.1) is 0 Å². The average Bonchev–Trinajstić information content (AvgIpc) is 2.70. The number of ketones is 1. The Hall–Kier alpha value is -3.03. The van der Waals surface area contributed by atoms with E-state index in [1.807, 2.05) is 70.5 Å². The molecule has 0 amide bonds. The van der Waals surface area contributed by atoms with Gasteiger partial charge in [0.1, 0.15) is 0 Å². The second kappa shape index (κ2) is 7.66. The zero-order chi connectivity index (χ0) is 21.4. The lowest BCUT2D eigenvalue weighted by atomic mass is 9.57. The second-order valence-electron chi connectivity index (χ2n) is 8.30. The molecule has 0 radical (unpaired) electrons. The van der Waals surface area contributed by atoms with Crippen molar-refractivity contribution >= 4 is 17.7 Å². The molecule has 0 aromatic heterocycles. The molecule has 0 saturated carbocycles. The van der Waals surface area contributed by atoms with Crippen LogP contribution in [0.25, 0.3) is 0 Å². The fourth-order valence-electron chi connectivity index (χ4n) is 5.23.